The van der Waals surface area contributed by atoms with Crippen LogP contribution in [0.1, 0.15) is 87.0 Å². The molecule has 43 heteroatoms. The Kier molecular flexibility index (Phi) is 37.0. The quantitative estimate of drug-likeness (QED) is 0.0158. The molecule has 2 bridgehead atoms. The number of aromatic nitrogens is 6. The number of nitrogens with one attached hydrogen (secondary N) is 6. The van der Waals surface area contributed by atoms with E-state index in [1.807, 2.05) is 0 Å². The van der Waals surface area contributed by atoms with Crippen molar-refractivity contribution < 1.29 is 123 Å². The number of hydrogen-bond donors (Lipinski definition) is 8. The number of rotatable bonds is 46. The molecule has 5 aromatic rings. The van der Waals surface area contributed by atoms with E-state index >= 15 is 0 Å². The Labute approximate surface area is 673 Å². The number of fused-ring (bicyclic) bond motifs is 4. The lowest BCUT2D eigenvalue weighted by molar-refractivity contribution is -0.137. The number of anilines is 2. The minimum atomic E-state index is -4.23. The summed E-state index contributed by atoms with van der Waals surface area (Å²) in [6.07, 6.45) is -0.285. The smallest absolute Gasteiger partial charge is 0.474 e. The monoisotopic (exact) mass is 1680 g/mol. The van der Waals surface area contributed by atoms with Crippen LogP contribution in [0.15, 0.2) is 90.4 Å². The number of amides is 8. The molecule has 12 atom stereocenters. The van der Waals surface area contributed by atoms with Gasteiger partial charge < -0.3 is 92.8 Å². The van der Waals surface area contributed by atoms with Crippen LogP contribution in [0.5, 0.6) is 5.88 Å². The minimum Gasteiger partial charge on any atom is -0.474 e. The number of benzene rings is 2. The summed E-state index contributed by atoms with van der Waals surface area (Å²) in [5, 5.41) is 25.0. The Bertz CT molecular complexity index is 4190. The molecule has 0 radical (unpaired) electrons. The molecule has 40 nitrogen and oxygen atoms in total. The van der Waals surface area contributed by atoms with Gasteiger partial charge in [-0.15, -0.1) is 9.05 Å². The number of aliphatic hydroxyl groups is 1. The van der Waals surface area contributed by atoms with E-state index in [-0.39, 0.29) is 88.1 Å². The molecule has 1 saturated carbocycles. The number of aliphatic hydroxyl groups excluding tert-OH is 1. The lowest BCUT2D eigenvalue weighted by Gasteiger charge is -2.27. The van der Waals surface area contributed by atoms with Crippen molar-refractivity contribution in [3.05, 3.63) is 113 Å². The summed E-state index contributed by atoms with van der Waals surface area (Å²) in [7, 11) is 0.253. The fraction of sp³-hybridized carbons (Fsp3) is 0.575. The number of nitrogens with zero attached hydrogens (tertiary/aromatic N) is 7. The topological polar surface area (TPSA) is 489 Å². The molecular formula is C73H100N13O27P2S+. The van der Waals surface area contributed by atoms with Crippen LogP contribution in [-0.4, -0.2) is 278 Å². The summed E-state index contributed by atoms with van der Waals surface area (Å²) in [4.78, 5) is 153. The van der Waals surface area contributed by atoms with Crippen LogP contribution in [-0.2, 0) is 124 Å². The highest BCUT2D eigenvalue weighted by molar-refractivity contribution is 8.07. The van der Waals surface area contributed by atoms with Gasteiger partial charge in [0.15, 0.2) is 17.4 Å². The molecule has 9 rings (SSSR count). The van der Waals surface area contributed by atoms with Crippen molar-refractivity contribution in [3.63, 3.8) is 0 Å². The lowest BCUT2D eigenvalue weighted by Crippen LogP contribution is -2.57. The molecule has 3 fully saturated rings. The summed E-state index contributed by atoms with van der Waals surface area (Å²) in [6, 6.07) is 10.8. The van der Waals surface area contributed by atoms with Gasteiger partial charge in [-0.1, -0.05) is 44.2 Å². The molecule has 8 amide bonds. The largest absolute Gasteiger partial charge is 0.697 e. The van der Waals surface area contributed by atoms with Crippen molar-refractivity contribution >= 4 is 97.0 Å². The first kappa shape index (κ1) is 91.2. The molecule has 2 aromatic carbocycles. The number of H-pyrrole nitrogens is 1. The zero-order chi connectivity index (χ0) is 82.9. The second-order valence-corrected chi connectivity index (χ2v) is 31.0. The van der Waals surface area contributed by atoms with Gasteiger partial charge >= 0.3 is 21.1 Å². The van der Waals surface area contributed by atoms with Gasteiger partial charge in [-0.3, -0.25) is 62.6 Å². The maximum absolute atomic E-state index is 14.1. The zero-order valence-corrected chi connectivity index (χ0v) is 67.5. The van der Waals surface area contributed by atoms with Crippen molar-refractivity contribution in [2.24, 2.45) is 11.8 Å². The SMILES string of the molecule is COCCOCCOCCOCCOCCOCCOCCOCCC(=O)N[C@@H](CCCCN1C(=O)C=CC1=O)C(=O)N[C@H](C(=O)N[C@@H](C)C(=O)Nc1ccc(COC(=O)N(C)Cc2ccccc2C(=O)Nc2nc3c(ncn3[C@@H]3O[C@H]4CO[P+](=O)O[C@H]5C[C@H](Oc6ccncn6)CC5COP(O)(=S)O[C@@H]3[C@@H]4O)c(=O)[nH]2)cc1)C(C)C. The molecule has 3 unspecified atom stereocenters. The molecule has 6 heterocycles. The van der Waals surface area contributed by atoms with Gasteiger partial charge in [0.05, 0.1) is 112 Å². The van der Waals surface area contributed by atoms with Crippen LogP contribution in [0.25, 0.3) is 11.2 Å². The second-order valence-electron chi connectivity index (χ2n) is 27.3. The summed E-state index contributed by atoms with van der Waals surface area (Å²) in [5.74, 6) is -5.21. The third-order valence-electron chi connectivity index (χ3n) is 18.3. The number of carbonyl (C=O) groups excluding carboxylic acids is 8. The predicted octanol–water partition coefficient (Wildman–Crippen LogP) is 3.05. The number of methoxy groups -OCH3 is 1. The van der Waals surface area contributed by atoms with Gasteiger partial charge in [-0.25, -0.2) is 19.7 Å². The number of imidazole rings is 1. The number of hydrogen-bond acceptors (Lipinski definition) is 31. The van der Waals surface area contributed by atoms with E-state index in [0.717, 1.165) is 4.90 Å². The Balaban J connectivity index is 0.695. The average Bonchev–Trinajstić information content (AvgIpc) is 1.60. The number of carbonyl (C=O) groups is 8. The van der Waals surface area contributed by atoms with Crippen molar-refractivity contribution in [2.75, 3.05) is 144 Å². The summed E-state index contributed by atoms with van der Waals surface area (Å²) < 4.78 is 98.7. The molecule has 0 spiro atoms. The summed E-state index contributed by atoms with van der Waals surface area (Å²) >= 11 is 5.44. The third kappa shape index (κ3) is 28.8. The van der Waals surface area contributed by atoms with Gasteiger partial charge in [0.2, 0.25) is 35.5 Å². The van der Waals surface area contributed by atoms with Gasteiger partial charge in [-0.2, -0.15) is 4.98 Å². The molecule has 4 aliphatic rings. The molecule has 2 saturated heterocycles. The summed E-state index contributed by atoms with van der Waals surface area (Å²) in [6.45, 7) is 5.18. The number of aromatic amines is 1. The van der Waals surface area contributed by atoms with Crippen molar-refractivity contribution in [2.45, 2.75) is 127 Å². The minimum absolute atomic E-state index is 0.00430. The molecule has 116 heavy (non-hydrogen) atoms. The van der Waals surface area contributed by atoms with Crippen LogP contribution >= 0.6 is 15.0 Å². The fourth-order valence-electron chi connectivity index (χ4n) is 12.2. The normalized spacial score (nSPS) is 21.3. The maximum Gasteiger partial charge on any atom is 0.697 e. The van der Waals surface area contributed by atoms with E-state index in [2.05, 4.69) is 51.5 Å². The number of unbranched alkanes of at least 4 members (excludes halogenated alkanes) is 1. The Morgan fingerprint density at radius 3 is 2.04 bits per heavy atom. The Morgan fingerprint density at radius 1 is 0.759 bits per heavy atom. The molecule has 8 N–H and O–H groups in total. The molecule has 1 aliphatic carbocycles. The predicted molar refractivity (Wildman–Crippen MR) is 412 cm³/mol. The van der Waals surface area contributed by atoms with Crippen LogP contribution < -0.4 is 36.9 Å². The van der Waals surface area contributed by atoms with Gasteiger partial charge in [-0.05, 0) is 79.7 Å². The number of ether oxygens (including phenoxy) is 11. The fourth-order valence-corrected chi connectivity index (χ4v) is 14.5. The first-order valence-corrected chi connectivity index (χ1v) is 41.4. The van der Waals surface area contributed by atoms with Gasteiger partial charge in [0.1, 0.15) is 68.2 Å². The highest BCUT2D eigenvalue weighted by Gasteiger charge is 2.52. The second kappa shape index (κ2) is 47.1. The number of imide groups is 1. The van der Waals surface area contributed by atoms with Crippen LogP contribution in [0, 0.1) is 11.8 Å². The molecule has 3 aromatic heterocycles. The Morgan fingerprint density at radius 2 is 1.41 bits per heavy atom. The van der Waals surface area contributed by atoms with E-state index < -0.39 is 141 Å². The highest BCUT2D eigenvalue weighted by atomic mass is 32.5. The van der Waals surface area contributed by atoms with Crippen LogP contribution in [0.2, 0.25) is 0 Å². The lowest BCUT2D eigenvalue weighted by atomic mass is 10.0. The van der Waals surface area contributed by atoms with Crippen molar-refractivity contribution in [3.8, 4) is 5.88 Å². The van der Waals surface area contributed by atoms with E-state index in [4.69, 9.17) is 82.0 Å². The van der Waals surface area contributed by atoms with E-state index in [1.54, 1.807) is 69.5 Å². The average molecular weight is 1690 g/mol. The van der Waals surface area contributed by atoms with Crippen molar-refractivity contribution in [1.82, 2.24) is 55.2 Å². The van der Waals surface area contributed by atoms with Gasteiger partial charge in [0.25, 0.3) is 23.3 Å². The van der Waals surface area contributed by atoms with Gasteiger partial charge in [0, 0.05) is 86.2 Å². The molecule has 3 aliphatic heterocycles. The van der Waals surface area contributed by atoms with Crippen LogP contribution in [0.3, 0.4) is 0 Å². The Hall–Kier alpha value is -8.68. The summed E-state index contributed by atoms with van der Waals surface area (Å²) in [5.41, 5.74) is 0.0960. The third-order valence-corrected chi connectivity index (χ3v) is 20.7. The molecular weight excluding hydrogens is 1580 g/mol. The first-order chi connectivity index (χ1) is 55.9. The standard InChI is InChI=1S/C73H99N13O27P2S/c1-46(2)61(80-68(93)54(12-8-9-22-85-59(88)17-18-60(85)89)79-57(87)20-23-100-26-27-102-30-31-104-34-35-106-37-36-105-33-32-103-29-28-101-25-24-99-5)69(94)77-47(3)66(91)78-51-15-13-48(14-16-51)41-107-73(96)84(4)40-49-10-6-7-11-53(49)67(92)82-72-81-65-62(70(95)83-72)76-45-86(65)71-64-63(90)56(111-71)43-108-114(97)112-55-39-52(110-58-19-21-74-44-75-58)38-50(55)42-109-115(98,116)113-64/h6-7,10-11,13-19,21,44-47,50,52,54-56,61,63-64,71,90H,8-9,12,20,22-43H2,1-5H3,(H6-,77,78,79,80,81,82,83,87,91,92,93,94,95,98,116)/p+1/t47-,50?,52+,54-,55-,56-,61-,63+,64+,71+,115?/m0/s1. The van der Waals surface area contributed by atoms with E-state index in [0.29, 0.717) is 121 Å². The zero-order valence-electron chi connectivity index (χ0n) is 64.9. The van der Waals surface area contributed by atoms with E-state index in [1.165, 1.54) is 60.5 Å². The highest BCUT2D eigenvalue weighted by Crippen LogP contribution is 2.52. The van der Waals surface area contributed by atoms with Crippen LogP contribution in [0.4, 0.5) is 16.4 Å². The van der Waals surface area contributed by atoms with Crippen molar-refractivity contribution in [1.29, 1.82) is 0 Å². The first-order valence-electron chi connectivity index (χ1n) is 37.7. The molecule has 634 valence electrons. The van der Waals surface area contributed by atoms with E-state index in [9.17, 15) is 57.7 Å². The maximum atomic E-state index is 14.1.